The van der Waals surface area contributed by atoms with Crippen LogP contribution in [0.2, 0.25) is 5.02 Å². The first-order valence-electron chi connectivity index (χ1n) is 9.30. The molecule has 164 valence electrons. The van der Waals surface area contributed by atoms with Gasteiger partial charge in [0, 0.05) is 17.0 Å². The topological polar surface area (TPSA) is 81.1 Å². The van der Waals surface area contributed by atoms with Gasteiger partial charge in [0.25, 0.3) is 5.91 Å². The largest absolute Gasteiger partial charge is 0.268 e. The number of hydrogen-bond acceptors (Lipinski definition) is 4. The van der Waals surface area contributed by atoms with Crippen LogP contribution in [0.3, 0.4) is 0 Å². The van der Waals surface area contributed by atoms with Crippen molar-refractivity contribution >= 4 is 38.4 Å². The van der Waals surface area contributed by atoms with Crippen molar-refractivity contribution < 1.29 is 22.0 Å². The van der Waals surface area contributed by atoms with Crippen LogP contribution in [0.15, 0.2) is 54.6 Å². The van der Waals surface area contributed by atoms with E-state index in [1.54, 1.807) is 4.72 Å². The third kappa shape index (κ3) is 4.21. The highest BCUT2D eigenvalue weighted by Crippen LogP contribution is 2.33. The van der Waals surface area contributed by atoms with Gasteiger partial charge >= 0.3 is 0 Å². The molecule has 10 heteroatoms. The van der Waals surface area contributed by atoms with Crippen molar-refractivity contribution in [2.45, 2.75) is 6.92 Å². The molecule has 32 heavy (non-hydrogen) atoms. The Morgan fingerprint density at radius 1 is 1.09 bits per heavy atom. The second kappa shape index (κ2) is 7.99. The fourth-order valence-electron chi connectivity index (χ4n) is 3.38. The molecular weight excluding hydrogens is 460 g/mol. The number of benzene rings is 3. The van der Waals surface area contributed by atoms with Gasteiger partial charge in [-0.25, -0.2) is 26.6 Å². The summed E-state index contributed by atoms with van der Waals surface area (Å²) < 4.78 is 54.5. The summed E-state index contributed by atoms with van der Waals surface area (Å²) in [6.45, 7) is 1.91. The molecule has 1 heterocycles. The first kappa shape index (κ1) is 21.9. The molecule has 0 aliphatic heterocycles. The molecule has 1 aromatic heterocycles. The van der Waals surface area contributed by atoms with Crippen LogP contribution in [0.5, 0.6) is 0 Å². The summed E-state index contributed by atoms with van der Waals surface area (Å²) in [6, 6.07) is 13.5. The molecular formula is C22H16ClF2N3O3S. The molecule has 0 atom stereocenters. The lowest BCUT2D eigenvalue weighted by molar-refractivity contribution is 0.0978. The van der Waals surface area contributed by atoms with E-state index in [0.29, 0.717) is 16.6 Å². The zero-order valence-electron chi connectivity index (χ0n) is 16.9. The predicted octanol–water partition coefficient (Wildman–Crippen LogP) is 4.62. The van der Waals surface area contributed by atoms with Crippen LogP contribution in [-0.2, 0) is 10.0 Å². The highest BCUT2D eigenvalue weighted by Gasteiger charge is 2.21. The number of sulfonamides is 1. The van der Waals surface area contributed by atoms with Crippen LogP contribution in [0, 0.1) is 18.6 Å². The van der Waals surface area contributed by atoms with Gasteiger partial charge in [-0.15, -0.1) is 0 Å². The normalized spacial score (nSPS) is 11.7. The Bertz CT molecular complexity index is 1500. The van der Waals surface area contributed by atoms with Gasteiger partial charge < -0.3 is 0 Å². The minimum Gasteiger partial charge on any atom is -0.268 e. The number of carbonyl (C=O) groups is 1. The highest BCUT2D eigenvalue weighted by atomic mass is 35.5. The number of nitrogens with zero attached hydrogens (tertiary/aromatic N) is 2. The van der Waals surface area contributed by atoms with Crippen molar-refractivity contribution in [1.82, 2.24) is 14.5 Å². The molecule has 3 aromatic carbocycles. The lowest BCUT2D eigenvalue weighted by Gasteiger charge is -2.10. The van der Waals surface area contributed by atoms with Gasteiger partial charge in [-0.05, 0) is 37.3 Å². The third-order valence-corrected chi connectivity index (χ3v) is 5.58. The van der Waals surface area contributed by atoms with Crippen LogP contribution in [-0.4, -0.2) is 30.4 Å². The molecule has 6 nitrogen and oxygen atoms in total. The molecule has 0 bridgehead atoms. The average Bonchev–Trinajstić information content (AvgIpc) is 3.06. The number of rotatable bonds is 4. The molecule has 0 unspecified atom stereocenters. The zero-order chi connectivity index (χ0) is 23.2. The summed E-state index contributed by atoms with van der Waals surface area (Å²) in [4.78, 5) is 12.1. The fraction of sp³-hybridized carbons (Fsp3) is 0.0909. The number of fused-ring (bicyclic) bond motifs is 1. The molecule has 0 spiro atoms. The lowest BCUT2D eigenvalue weighted by Crippen LogP contribution is -2.30. The number of aryl methyl sites for hydroxylation is 1. The number of carbonyl (C=O) groups excluding carboxylic acids is 1. The van der Waals surface area contributed by atoms with Gasteiger partial charge in [-0.1, -0.05) is 35.4 Å². The van der Waals surface area contributed by atoms with Crippen molar-refractivity contribution in [2.75, 3.05) is 6.26 Å². The standard InChI is InChI=1S/C22H16ClF2N3O3S/c1-12-4-3-5-13(8-12)21-16-9-14(24)6-7-19(16)28(26-21)20-11-18(25)15(10-17(20)23)22(29)27-32(2,30)31/h3-11H,1-2H3,(H,27,29). The van der Waals surface area contributed by atoms with Crippen molar-refractivity contribution in [1.29, 1.82) is 0 Å². The maximum absolute atomic E-state index is 14.8. The minimum absolute atomic E-state index is 0.0467. The molecule has 0 aliphatic rings. The fourth-order valence-corrected chi connectivity index (χ4v) is 4.07. The summed E-state index contributed by atoms with van der Waals surface area (Å²) in [7, 11) is -3.89. The number of hydrogen-bond donors (Lipinski definition) is 1. The van der Waals surface area contributed by atoms with Crippen LogP contribution in [0.25, 0.3) is 27.8 Å². The maximum atomic E-state index is 14.8. The number of amides is 1. The van der Waals surface area contributed by atoms with Crippen LogP contribution >= 0.6 is 11.6 Å². The Kier molecular flexibility index (Phi) is 5.47. The lowest BCUT2D eigenvalue weighted by atomic mass is 10.1. The van der Waals surface area contributed by atoms with E-state index in [2.05, 4.69) is 5.10 Å². The van der Waals surface area contributed by atoms with E-state index in [4.69, 9.17) is 11.6 Å². The van der Waals surface area contributed by atoms with Crippen LogP contribution in [0.4, 0.5) is 8.78 Å². The third-order valence-electron chi connectivity index (χ3n) is 4.72. The molecule has 0 fully saturated rings. The number of nitrogens with one attached hydrogen (secondary N) is 1. The van der Waals surface area contributed by atoms with E-state index in [1.807, 2.05) is 31.2 Å². The van der Waals surface area contributed by atoms with Gasteiger partial charge in [0.1, 0.15) is 17.3 Å². The van der Waals surface area contributed by atoms with Gasteiger partial charge in [-0.2, -0.15) is 5.10 Å². The van der Waals surface area contributed by atoms with Gasteiger partial charge in [0.2, 0.25) is 10.0 Å². The quantitative estimate of drug-likeness (QED) is 0.467. The molecule has 0 aliphatic carbocycles. The van der Waals surface area contributed by atoms with Gasteiger partial charge in [-0.3, -0.25) is 4.79 Å². The van der Waals surface area contributed by atoms with E-state index in [-0.39, 0.29) is 10.7 Å². The molecule has 0 radical (unpaired) electrons. The van der Waals surface area contributed by atoms with Crippen molar-refractivity contribution in [3.05, 3.63) is 82.4 Å². The summed E-state index contributed by atoms with van der Waals surface area (Å²) in [5, 5.41) is 5.00. The van der Waals surface area contributed by atoms with Crippen LogP contribution < -0.4 is 4.72 Å². The van der Waals surface area contributed by atoms with Crippen molar-refractivity contribution in [2.24, 2.45) is 0 Å². The Morgan fingerprint density at radius 3 is 2.53 bits per heavy atom. The summed E-state index contributed by atoms with van der Waals surface area (Å²) in [5.41, 5.74) is 2.23. The summed E-state index contributed by atoms with van der Waals surface area (Å²) >= 11 is 6.33. The predicted molar refractivity (Wildman–Crippen MR) is 118 cm³/mol. The Hall–Kier alpha value is -3.30. The summed E-state index contributed by atoms with van der Waals surface area (Å²) in [6.07, 6.45) is 0.778. The molecule has 0 saturated heterocycles. The molecule has 1 amide bonds. The number of aromatic nitrogens is 2. The molecule has 4 aromatic rings. The molecule has 1 N–H and O–H groups in total. The smallest absolute Gasteiger partial charge is 0.267 e. The van der Waals surface area contributed by atoms with E-state index < -0.39 is 33.1 Å². The monoisotopic (exact) mass is 475 g/mol. The SMILES string of the molecule is Cc1cccc(-c2nn(-c3cc(F)c(C(=O)NS(C)(=O)=O)cc3Cl)c3ccc(F)cc23)c1. The Balaban J connectivity index is 1.91. The second-order valence-corrected chi connectivity index (χ2v) is 9.43. The van der Waals surface area contributed by atoms with E-state index in [9.17, 15) is 22.0 Å². The van der Waals surface area contributed by atoms with E-state index >= 15 is 0 Å². The van der Waals surface area contributed by atoms with Gasteiger partial charge in [0.15, 0.2) is 0 Å². The van der Waals surface area contributed by atoms with E-state index in [1.165, 1.54) is 22.9 Å². The van der Waals surface area contributed by atoms with Crippen molar-refractivity contribution in [3.63, 3.8) is 0 Å². The second-order valence-electron chi connectivity index (χ2n) is 7.28. The zero-order valence-corrected chi connectivity index (χ0v) is 18.4. The summed E-state index contributed by atoms with van der Waals surface area (Å²) in [5.74, 6) is -2.60. The van der Waals surface area contributed by atoms with Crippen LogP contribution in [0.1, 0.15) is 15.9 Å². The first-order valence-corrected chi connectivity index (χ1v) is 11.6. The Labute approximate surface area is 187 Å². The van der Waals surface area contributed by atoms with Crippen molar-refractivity contribution in [3.8, 4) is 16.9 Å². The molecule has 0 saturated carbocycles. The minimum atomic E-state index is -3.89. The average molecular weight is 476 g/mol. The molecule has 4 rings (SSSR count). The van der Waals surface area contributed by atoms with E-state index in [0.717, 1.165) is 29.5 Å². The Morgan fingerprint density at radius 2 is 1.84 bits per heavy atom. The van der Waals surface area contributed by atoms with Gasteiger partial charge in [0.05, 0.1) is 28.0 Å². The number of halogens is 3. The maximum Gasteiger partial charge on any atom is 0.267 e. The first-order chi connectivity index (χ1) is 15.0. The highest BCUT2D eigenvalue weighted by molar-refractivity contribution is 7.89.